The van der Waals surface area contributed by atoms with E-state index in [0.717, 1.165) is 6.42 Å². The van der Waals surface area contributed by atoms with Crippen molar-refractivity contribution < 1.29 is 19.7 Å². The first-order valence-electron chi connectivity index (χ1n) is 5.76. The third kappa shape index (κ3) is 7.05. The smallest absolute Gasteiger partial charge is 0.193 e. The van der Waals surface area contributed by atoms with E-state index in [0.29, 0.717) is 12.2 Å². The number of aliphatic hydroxyl groups excluding tert-OH is 1. The molecule has 0 aromatic carbocycles. The number of hydrogen-bond acceptors (Lipinski definition) is 4. The van der Waals surface area contributed by atoms with E-state index in [-0.39, 0.29) is 19.0 Å². The zero-order chi connectivity index (χ0) is 13.3. The molecule has 0 aromatic heterocycles. The molecule has 0 rings (SSSR count). The second-order valence-electron chi connectivity index (χ2n) is 4.16. The van der Waals surface area contributed by atoms with E-state index in [2.05, 4.69) is 0 Å². The molecular weight excluding hydrogens is 220 g/mol. The lowest BCUT2D eigenvalue weighted by atomic mass is 9.96. The van der Waals surface area contributed by atoms with Gasteiger partial charge in [0.25, 0.3) is 0 Å². The van der Waals surface area contributed by atoms with E-state index >= 15 is 0 Å². The molecule has 2 N–H and O–H groups in total. The Balaban J connectivity index is 4.46. The normalized spacial score (nSPS) is 13.4. The van der Waals surface area contributed by atoms with Crippen molar-refractivity contribution in [1.82, 2.24) is 0 Å². The van der Waals surface area contributed by atoms with Gasteiger partial charge in [0.15, 0.2) is 5.78 Å². The molecule has 0 aromatic rings. The topological polar surface area (TPSA) is 66.8 Å². The summed E-state index contributed by atoms with van der Waals surface area (Å²) in [5.41, 5.74) is -0.885. The fraction of sp³-hybridized carbons (Fsp3) is 0.615. The van der Waals surface area contributed by atoms with Gasteiger partial charge in [-0.25, -0.2) is 0 Å². The quantitative estimate of drug-likeness (QED) is 0.381. The first kappa shape index (κ1) is 16.0. The van der Waals surface area contributed by atoms with Crippen LogP contribution < -0.4 is 0 Å². The molecule has 98 valence electrons. The number of hydrogen-bond donors (Lipinski definition) is 2. The number of rotatable bonds is 8. The largest absolute Gasteiger partial charge is 0.394 e. The van der Waals surface area contributed by atoms with Gasteiger partial charge in [0.05, 0.1) is 19.8 Å². The second kappa shape index (κ2) is 8.17. The molecule has 0 bridgehead atoms. The van der Waals surface area contributed by atoms with Crippen molar-refractivity contribution in [1.29, 1.82) is 0 Å². The zero-order valence-electron chi connectivity index (χ0n) is 10.8. The van der Waals surface area contributed by atoms with Crippen LogP contribution in [-0.4, -0.2) is 41.4 Å². The van der Waals surface area contributed by atoms with Crippen LogP contribution >= 0.6 is 0 Å². The molecule has 0 radical (unpaired) electrons. The molecule has 4 nitrogen and oxygen atoms in total. The summed E-state index contributed by atoms with van der Waals surface area (Å²) in [5, 5.41) is 18.1. The summed E-state index contributed by atoms with van der Waals surface area (Å²) in [6, 6.07) is 0. The number of aliphatic hydroxyl groups is 2. The number of ether oxygens (including phenoxy) is 1. The maximum atomic E-state index is 11.8. The van der Waals surface area contributed by atoms with E-state index in [1.165, 1.54) is 13.8 Å². The molecule has 4 heteroatoms. The summed E-state index contributed by atoms with van der Waals surface area (Å²) in [7, 11) is 0. The van der Waals surface area contributed by atoms with Gasteiger partial charge < -0.3 is 14.9 Å². The lowest BCUT2D eigenvalue weighted by molar-refractivity contribution is -0.129. The monoisotopic (exact) mass is 242 g/mol. The van der Waals surface area contributed by atoms with E-state index in [1.807, 2.05) is 6.92 Å². The highest BCUT2D eigenvalue weighted by Gasteiger charge is 2.25. The van der Waals surface area contributed by atoms with Crippen molar-refractivity contribution >= 4 is 5.78 Å². The van der Waals surface area contributed by atoms with E-state index in [1.54, 1.807) is 18.2 Å². The zero-order valence-corrected chi connectivity index (χ0v) is 10.8. The number of carbonyl (C=O) groups excluding carboxylic acids is 1. The Labute approximate surface area is 103 Å². The molecule has 0 aliphatic heterocycles. The van der Waals surface area contributed by atoms with Crippen LogP contribution in [0.1, 0.15) is 27.2 Å². The van der Waals surface area contributed by atoms with Crippen molar-refractivity contribution in [2.24, 2.45) is 0 Å². The fourth-order valence-electron chi connectivity index (χ4n) is 1.20. The molecule has 17 heavy (non-hydrogen) atoms. The molecule has 0 amide bonds. The van der Waals surface area contributed by atoms with Crippen LogP contribution in [0.25, 0.3) is 0 Å². The van der Waals surface area contributed by atoms with Gasteiger partial charge >= 0.3 is 0 Å². The Bertz CT molecular complexity index is 284. The Kier molecular flexibility index (Phi) is 7.70. The van der Waals surface area contributed by atoms with Crippen molar-refractivity contribution in [3.8, 4) is 0 Å². The van der Waals surface area contributed by atoms with Crippen molar-refractivity contribution in [3.63, 3.8) is 0 Å². The van der Waals surface area contributed by atoms with Crippen LogP contribution in [0.2, 0.25) is 0 Å². The molecule has 0 fully saturated rings. The highest BCUT2D eigenvalue weighted by molar-refractivity contribution is 6.03. The van der Waals surface area contributed by atoms with Gasteiger partial charge in [0.1, 0.15) is 5.60 Å². The van der Waals surface area contributed by atoms with Gasteiger partial charge in [-0.05, 0) is 20.3 Å². The molecule has 0 unspecified atom stereocenters. The average Bonchev–Trinajstić information content (AvgIpc) is 2.25. The van der Waals surface area contributed by atoms with E-state index in [4.69, 9.17) is 9.84 Å². The maximum Gasteiger partial charge on any atom is 0.193 e. The molecule has 0 saturated carbocycles. The van der Waals surface area contributed by atoms with Gasteiger partial charge in [0, 0.05) is 5.57 Å². The Morgan fingerprint density at radius 2 is 2.06 bits per heavy atom. The van der Waals surface area contributed by atoms with Gasteiger partial charge in [-0.2, -0.15) is 0 Å². The van der Waals surface area contributed by atoms with Crippen LogP contribution in [-0.2, 0) is 9.53 Å². The molecule has 0 aliphatic rings. The summed E-state index contributed by atoms with van der Waals surface area (Å²) in [4.78, 5) is 11.8. The van der Waals surface area contributed by atoms with Crippen LogP contribution in [0.4, 0.5) is 0 Å². The Morgan fingerprint density at radius 3 is 2.53 bits per heavy atom. The maximum absolute atomic E-state index is 11.8. The van der Waals surface area contributed by atoms with Crippen LogP contribution in [0.5, 0.6) is 0 Å². The predicted molar refractivity (Wildman–Crippen MR) is 66.7 cm³/mol. The fourth-order valence-corrected chi connectivity index (χ4v) is 1.20. The summed E-state index contributed by atoms with van der Waals surface area (Å²) in [5.74, 6) is -0.308. The van der Waals surface area contributed by atoms with E-state index < -0.39 is 5.60 Å². The van der Waals surface area contributed by atoms with Crippen molar-refractivity contribution in [2.45, 2.75) is 32.8 Å². The Hall–Kier alpha value is -0.970. The molecule has 0 atom stereocenters. The molecule has 0 spiro atoms. The SMILES string of the molecule is CCC=C(C=CCOCCO)C(=O)C(C)(C)O. The number of ketones is 1. The molecule has 0 heterocycles. The molecule has 0 aliphatic carbocycles. The van der Waals surface area contributed by atoms with Crippen molar-refractivity contribution in [3.05, 3.63) is 23.8 Å². The highest BCUT2D eigenvalue weighted by atomic mass is 16.5. The Morgan fingerprint density at radius 1 is 1.41 bits per heavy atom. The van der Waals surface area contributed by atoms with Crippen LogP contribution in [0.15, 0.2) is 23.8 Å². The second-order valence-corrected chi connectivity index (χ2v) is 4.16. The van der Waals surface area contributed by atoms with Gasteiger partial charge in [-0.1, -0.05) is 25.2 Å². The highest BCUT2D eigenvalue weighted by Crippen LogP contribution is 2.13. The number of carbonyl (C=O) groups is 1. The van der Waals surface area contributed by atoms with E-state index in [9.17, 15) is 9.90 Å². The lowest BCUT2D eigenvalue weighted by Crippen LogP contribution is -2.32. The minimum Gasteiger partial charge on any atom is -0.394 e. The summed E-state index contributed by atoms with van der Waals surface area (Å²) < 4.78 is 5.04. The first-order valence-corrected chi connectivity index (χ1v) is 5.76. The molecular formula is C13H22O4. The summed E-state index contributed by atoms with van der Waals surface area (Å²) in [6.45, 7) is 5.45. The minimum atomic E-state index is -1.36. The lowest BCUT2D eigenvalue weighted by Gasteiger charge is -2.16. The van der Waals surface area contributed by atoms with Crippen molar-refractivity contribution in [2.75, 3.05) is 19.8 Å². The average molecular weight is 242 g/mol. The number of allylic oxidation sites excluding steroid dienone is 2. The number of Topliss-reactive ketones (excluding diaryl/α,β-unsaturated/α-hetero) is 1. The first-order chi connectivity index (χ1) is 7.93. The van der Waals surface area contributed by atoms with Gasteiger partial charge in [-0.3, -0.25) is 4.79 Å². The molecule has 0 saturated heterocycles. The minimum absolute atomic E-state index is 0.0197. The summed E-state index contributed by atoms with van der Waals surface area (Å²) in [6.07, 6.45) is 5.82. The standard InChI is InChI=1S/C13H22O4/c1-4-6-11(12(15)13(2,3)16)7-5-9-17-10-8-14/h5-7,14,16H,4,8-10H2,1-3H3. The third-order valence-electron chi connectivity index (χ3n) is 1.99. The van der Waals surface area contributed by atoms with Gasteiger partial charge in [0.2, 0.25) is 0 Å². The van der Waals surface area contributed by atoms with Crippen LogP contribution in [0, 0.1) is 0 Å². The van der Waals surface area contributed by atoms with Gasteiger partial charge in [-0.15, -0.1) is 0 Å². The summed E-state index contributed by atoms with van der Waals surface area (Å²) >= 11 is 0. The van der Waals surface area contributed by atoms with Crippen LogP contribution in [0.3, 0.4) is 0 Å². The third-order valence-corrected chi connectivity index (χ3v) is 1.99. The predicted octanol–water partition coefficient (Wildman–Crippen LogP) is 1.23.